The lowest BCUT2D eigenvalue weighted by Gasteiger charge is -2.31. The molecule has 0 aromatic heterocycles. The van der Waals surface area contributed by atoms with Crippen molar-refractivity contribution in [1.82, 2.24) is 4.90 Å². The van der Waals surface area contributed by atoms with E-state index in [4.69, 9.17) is 15.2 Å². The molecule has 0 radical (unpaired) electrons. The van der Waals surface area contributed by atoms with E-state index < -0.39 is 5.97 Å². The minimum atomic E-state index is -0.397. The van der Waals surface area contributed by atoms with Crippen LogP contribution >= 0.6 is 0 Å². The molecule has 0 spiro atoms. The van der Waals surface area contributed by atoms with Gasteiger partial charge in [0.15, 0.2) is 6.61 Å². The van der Waals surface area contributed by atoms with Crippen LogP contribution in [0.3, 0.4) is 0 Å². The van der Waals surface area contributed by atoms with Gasteiger partial charge in [0.1, 0.15) is 5.75 Å². The van der Waals surface area contributed by atoms with Crippen LogP contribution in [0.1, 0.15) is 30.1 Å². The number of likely N-dealkylation sites (tertiary alicyclic amines) is 1. The van der Waals surface area contributed by atoms with E-state index in [0.29, 0.717) is 31.0 Å². The van der Waals surface area contributed by atoms with Gasteiger partial charge in [-0.1, -0.05) is 0 Å². The molecule has 24 heavy (non-hydrogen) atoms. The highest BCUT2D eigenvalue weighted by Crippen LogP contribution is 2.17. The fourth-order valence-electron chi connectivity index (χ4n) is 2.57. The first-order chi connectivity index (χ1) is 11.5. The van der Waals surface area contributed by atoms with Gasteiger partial charge in [0, 0.05) is 13.1 Å². The molecule has 1 aromatic carbocycles. The summed E-state index contributed by atoms with van der Waals surface area (Å²) in [7, 11) is 0. The Hall–Kier alpha value is -2.57. The average molecular weight is 334 g/mol. The van der Waals surface area contributed by atoms with Gasteiger partial charge in [-0.15, -0.1) is 0 Å². The van der Waals surface area contributed by atoms with Crippen molar-refractivity contribution in [3.05, 3.63) is 29.8 Å². The molecule has 2 rings (SSSR count). The largest absolute Gasteiger partial charge is 0.484 e. The number of nitrogens with two attached hydrogens (primary N) is 1. The van der Waals surface area contributed by atoms with E-state index in [1.54, 1.807) is 36.1 Å². The highest BCUT2D eigenvalue weighted by atomic mass is 16.5. The number of hydrogen-bond acceptors (Lipinski definition) is 5. The number of carbonyl (C=O) groups is 3. The molecule has 0 saturated carbocycles. The van der Waals surface area contributed by atoms with Crippen molar-refractivity contribution in [1.29, 1.82) is 0 Å². The molecule has 1 aliphatic rings. The Kier molecular flexibility index (Phi) is 6.17. The Balaban J connectivity index is 1.85. The zero-order valence-corrected chi connectivity index (χ0v) is 13.7. The molecule has 1 fully saturated rings. The number of primary amides is 1. The number of ether oxygens (including phenoxy) is 2. The molecular formula is C17H22N2O5. The van der Waals surface area contributed by atoms with Crippen molar-refractivity contribution in [3.63, 3.8) is 0 Å². The molecule has 7 heteroatoms. The van der Waals surface area contributed by atoms with Crippen molar-refractivity contribution in [2.24, 2.45) is 11.7 Å². The number of rotatable bonds is 6. The minimum absolute atomic E-state index is 0.121. The third kappa shape index (κ3) is 4.71. The predicted molar refractivity (Wildman–Crippen MR) is 86.4 cm³/mol. The molecule has 1 heterocycles. The lowest BCUT2D eigenvalue weighted by Crippen LogP contribution is -2.45. The van der Waals surface area contributed by atoms with E-state index in [1.165, 1.54) is 0 Å². The summed E-state index contributed by atoms with van der Waals surface area (Å²) in [5.74, 6) is -0.754. The van der Waals surface area contributed by atoms with Gasteiger partial charge in [-0.3, -0.25) is 9.59 Å². The van der Waals surface area contributed by atoms with Crippen LogP contribution in [0.4, 0.5) is 0 Å². The quantitative estimate of drug-likeness (QED) is 0.782. The van der Waals surface area contributed by atoms with Gasteiger partial charge >= 0.3 is 5.97 Å². The number of carbonyl (C=O) groups excluding carboxylic acids is 3. The highest BCUT2D eigenvalue weighted by molar-refractivity contribution is 5.89. The molecule has 0 bridgehead atoms. The monoisotopic (exact) mass is 334 g/mol. The molecule has 1 aliphatic heterocycles. The maximum absolute atomic E-state index is 12.2. The smallest absolute Gasteiger partial charge is 0.338 e. The zero-order chi connectivity index (χ0) is 17.5. The third-order valence-corrected chi connectivity index (χ3v) is 3.90. The van der Waals surface area contributed by atoms with E-state index in [2.05, 4.69) is 0 Å². The number of esters is 1. The van der Waals surface area contributed by atoms with Gasteiger partial charge in [-0.2, -0.15) is 0 Å². The average Bonchev–Trinajstić information content (AvgIpc) is 2.60. The Bertz CT molecular complexity index is 600. The lowest BCUT2D eigenvalue weighted by molar-refractivity contribution is -0.136. The molecule has 7 nitrogen and oxygen atoms in total. The van der Waals surface area contributed by atoms with Crippen molar-refractivity contribution in [2.45, 2.75) is 19.8 Å². The van der Waals surface area contributed by atoms with E-state index in [-0.39, 0.29) is 24.3 Å². The second-order valence-corrected chi connectivity index (χ2v) is 5.61. The molecule has 1 saturated heterocycles. The third-order valence-electron chi connectivity index (χ3n) is 3.90. The fraction of sp³-hybridized carbons (Fsp3) is 0.471. The van der Waals surface area contributed by atoms with E-state index in [1.807, 2.05) is 0 Å². The molecule has 1 aromatic rings. The van der Waals surface area contributed by atoms with Crippen LogP contribution in [0.2, 0.25) is 0 Å². The summed E-state index contributed by atoms with van der Waals surface area (Å²) >= 11 is 0. The van der Waals surface area contributed by atoms with Gasteiger partial charge in [0.2, 0.25) is 5.91 Å². The van der Waals surface area contributed by atoms with Crippen LogP contribution < -0.4 is 10.5 Å². The zero-order valence-electron chi connectivity index (χ0n) is 13.7. The van der Waals surface area contributed by atoms with Crippen LogP contribution in [0.25, 0.3) is 0 Å². The van der Waals surface area contributed by atoms with Crippen molar-refractivity contribution in [2.75, 3.05) is 26.3 Å². The first-order valence-corrected chi connectivity index (χ1v) is 7.98. The van der Waals surface area contributed by atoms with Crippen molar-refractivity contribution < 1.29 is 23.9 Å². The molecular weight excluding hydrogens is 312 g/mol. The summed E-state index contributed by atoms with van der Waals surface area (Å²) in [6.07, 6.45) is 1.48. The maximum atomic E-state index is 12.2. The second kappa shape index (κ2) is 8.33. The van der Waals surface area contributed by atoms with Crippen LogP contribution in [0.5, 0.6) is 5.75 Å². The summed E-state index contributed by atoms with van der Waals surface area (Å²) in [6.45, 7) is 2.88. The Morgan fingerprint density at radius 2 is 1.96 bits per heavy atom. The fourth-order valence-corrected chi connectivity index (χ4v) is 2.57. The normalized spacial score (nSPS) is 17.2. The minimum Gasteiger partial charge on any atom is -0.484 e. The summed E-state index contributed by atoms with van der Waals surface area (Å²) < 4.78 is 10.3. The molecule has 0 aliphatic carbocycles. The van der Waals surface area contributed by atoms with E-state index in [9.17, 15) is 14.4 Å². The first-order valence-electron chi connectivity index (χ1n) is 7.98. The SMILES string of the molecule is CCOC(=O)c1ccc(OCC(=O)N2CCC[C@@H](C(N)=O)C2)cc1. The Morgan fingerprint density at radius 3 is 2.58 bits per heavy atom. The Morgan fingerprint density at radius 1 is 1.25 bits per heavy atom. The summed E-state index contributed by atoms with van der Waals surface area (Å²) in [6, 6.07) is 6.40. The molecule has 1 atom stereocenters. The van der Waals surface area contributed by atoms with Crippen LogP contribution in [0, 0.1) is 5.92 Å². The topological polar surface area (TPSA) is 98.9 Å². The molecule has 0 unspecified atom stereocenters. The second-order valence-electron chi connectivity index (χ2n) is 5.61. The van der Waals surface area contributed by atoms with Gasteiger partial charge in [0.05, 0.1) is 18.1 Å². The standard InChI is InChI=1S/C17H22N2O5/c1-2-23-17(22)12-5-7-14(8-6-12)24-11-15(20)19-9-3-4-13(10-19)16(18)21/h5-8,13H,2-4,9-11H2,1H3,(H2,18,21)/t13-/m1/s1. The summed E-state index contributed by atoms with van der Waals surface area (Å²) in [5, 5.41) is 0. The van der Waals surface area contributed by atoms with Gasteiger partial charge < -0.3 is 20.1 Å². The van der Waals surface area contributed by atoms with Crippen molar-refractivity contribution >= 4 is 17.8 Å². The number of hydrogen-bond donors (Lipinski definition) is 1. The van der Waals surface area contributed by atoms with Crippen LogP contribution in [-0.4, -0.2) is 49.0 Å². The van der Waals surface area contributed by atoms with Gasteiger partial charge in [0.25, 0.3) is 5.91 Å². The first kappa shape index (κ1) is 17.8. The Labute approximate surface area is 140 Å². The maximum Gasteiger partial charge on any atom is 0.338 e. The van der Waals surface area contributed by atoms with E-state index >= 15 is 0 Å². The predicted octanol–water partition coefficient (Wildman–Crippen LogP) is 0.966. The number of benzene rings is 1. The number of piperidine rings is 1. The summed E-state index contributed by atoms with van der Waals surface area (Å²) in [4.78, 5) is 36.6. The number of nitrogens with zero attached hydrogens (tertiary/aromatic N) is 1. The van der Waals surface area contributed by atoms with Gasteiger partial charge in [-0.25, -0.2) is 4.79 Å². The van der Waals surface area contributed by atoms with E-state index in [0.717, 1.165) is 12.8 Å². The van der Waals surface area contributed by atoms with Crippen molar-refractivity contribution in [3.8, 4) is 5.75 Å². The highest BCUT2D eigenvalue weighted by Gasteiger charge is 2.27. The number of amides is 2. The lowest BCUT2D eigenvalue weighted by atomic mass is 9.97. The molecule has 2 N–H and O–H groups in total. The van der Waals surface area contributed by atoms with Crippen LogP contribution in [-0.2, 0) is 14.3 Å². The van der Waals surface area contributed by atoms with Gasteiger partial charge in [-0.05, 0) is 44.0 Å². The summed E-state index contributed by atoms with van der Waals surface area (Å²) in [5.41, 5.74) is 5.74. The molecule has 130 valence electrons. The molecule has 2 amide bonds. The van der Waals surface area contributed by atoms with Crippen LogP contribution in [0.15, 0.2) is 24.3 Å².